The Balaban J connectivity index is 2.27. The Bertz CT molecular complexity index is 581. The largest absolute Gasteiger partial charge is 0.277 e. The molecule has 1 aliphatic rings. The average molecular weight is 352 g/mol. The summed E-state index contributed by atoms with van der Waals surface area (Å²) in [6.45, 7) is 0. The number of alkyl halides is 3. The van der Waals surface area contributed by atoms with Gasteiger partial charge in [0, 0.05) is 28.2 Å². The third kappa shape index (κ3) is 3.73. The molecule has 1 atom stereocenters. The van der Waals surface area contributed by atoms with Gasteiger partial charge in [-0.15, -0.1) is 0 Å². The van der Waals surface area contributed by atoms with Crippen molar-refractivity contribution < 1.29 is 4.76 Å². The minimum absolute atomic E-state index is 0.118. The van der Waals surface area contributed by atoms with Crippen LogP contribution < -0.4 is 0 Å². The number of hydrogen-bond acceptors (Lipinski definition) is 3. The second-order valence-corrected chi connectivity index (χ2v) is 7.82. The van der Waals surface area contributed by atoms with E-state index in [1.54, 1.807) is 24.3 Å². The third-order valence-corrected chi connectivity index (χ3v) is 5.10. The fourth-order valence-corrected chi connectivity index (χ4v) is 3.21. The summed E-state index contributed by atoms with van der Waals surface area (Å²) < 4.78 is -0.679. The van der Waals surface area contributed by atoms with E-state index in [0.717, 1.165) is 22.1 Å². The Morgan fingerprint density at radius 1 is 1.35 bits per heavy atom. The number of nitrogens with zero attached hydrogens (tertiary/aromatic N) is 2. The molecule has 0 radical (unpaired) electrons. The molecule has 0 spiro atoms. The first kappa shape index (κ1) is 15.8. The lowest BCUT2D eigenvalue weighted by atomic mass is 10.1. The van der Waals surface area contributed by atoms with Crippen molar-refractivity contribution in [3.8, 4) is 0 Å². The molecule has 0 fully saturated rings. The van der Waals surface area contributed by atoms with Gasteiger partial charge < -0.3 is 0 Å². The normalized spacial score (nSPS) is 19.7. The van der Waals surface area contributed by atoms with Crippen molar-refractivity contribution in [1.82, 2.24) is 0 Å². The van der Waals surface area contributed by atoms with Gasteiger partial charge in [0.2, 0.25) is 3.79 Å². The molecule has 4 nitrogen and oxygen atoms in total. The monoisotopic (exact) mass is 350 g/mol. The highest BCUT2D eigenvalue weighted by Crippen LogP contribution is 2.42. The number of rotatable bonds is 2. The number of amidine groups is 1. The van der Waals surface area contributed by atoms with Gasteiger partial charge in [-0.3, -0.25) is 5.41 Å². The zero-order chi connectivity index (χ0) is 14.9. The summed E-state index contributed by atoms with van der Waals surface area (Å²) in [4.78, 5) is 15.4. The summed E-state index contributed by atoms with van der Waals surface area (Å²) in [5.74, 6) is 0. The second kappa shape index (κ2) is 6.02. The molecule has 1 N–H and O–H groups in total. The van der Waals surface area contributed by atoms with E-state index in [9.17, 15) is 4.91 Å². The summed E-state index contributed by atoms with van der Waals surface area (Å²) >= 11 is 18.9. The lowest BCUT2D eigenvalue weighted by Crippen LogP contribution is -2.30. The highest BCUT2D eigenvalue weighted by Gasteiger charge is 2.37. The Hall–Kier alpha value is -0.620. The quantitative estimate of drug-likeness (QED) is 0.637. The van der Waals surface area contributed by atoms with E-state index in [2.05, 4.69) is 4.99 Å². The van der Waals surface area contributed by atoms with Crippen LogP contribution >= 0.6 is 46.6 Å². The van der Waals surface area contributed by atoms with E-state index in [0.29, 0.717) is 17.8 Å². The smallest absolute Gasteiger partial charge is 0.255 e. The molecular formula is C12H11Cl3N3OS+. The molecular weight excluding hydrogens is 341 g/mol. The Morgan fingerprint density at radius 2 is 1.95 bits per heavy atom. The number of nitroso groups, excluding NO2 is 1. The van der Waals surface area contributed by atoms with Crippen molar-refractivity contribution in [2.24, 2.45) is 4.99 Å². The van der Waals surface area contributed by atoms with Crippen LogP contribution in [0.5, 0.6) is 0 Å². The predicted octanol–water partition coefficient (Wildman–Crippen LogP) is 4.33. The molecule has 0 saturated carbocycles. The van der Waals surface area contributed by atoms with Gasteiger partial charge in [0.15, 0.2) is 12.2 Å². The molecule has 0 aliphatic carbocycles. The number of aliphatic imine (C=N–C) groups is 1. The molecule has 0 aromatic heterocycles. The van der Waals surface area contributed by atoms with Crippen molar-refractivity contribution in [2.45, 2.75) is 15.5 Å². The Morgan fingerprint density at radius 3 is 2.45 bits per heavy atom. The van der Waals surface area contributed by atoms with Gasteiger partial charge in [0.1, 0.15) is 0 Å². The van der Waals surface area contributed by atoms with E-state index < -0.39 is 3.79 Å². The summed E-state index contributed by atoms with van der Waals surface area (Å²) in [6.07, 6.45) is 0.454. The molecule has 1 aromatic rings. The van der Waals surface area contributed by atoms with Gasteiger partial charge in [-0.2, -0.15) is 0 Å². The van der Waals surface area contributed by atoms with Crippen molar-refractivity contribution in [1.29, 1.82) is 5.41 Å². The molecule has 0 amide bonds. The fourth-order valence-electron chi connectivity index (χ4n) is 1.78. The standard InChI is InChI=1S/C12H11Cl3N3OS/c1-18(19)8-4-2-7(3-5-8)9-6-10(12(13,14)15)20-11(16)17-9/h2-5,10,16H,6H2,1H3/q+1. The van der Waals surface area contributed by atoms with E-state index in [1.165, 1.54) is 7.05 Å². The van der Waals surface area contributed by atoms with Crippen LogP contribution in [-0.2, 0) is 0 Å². The molecule has 1 aliphatic heterocycles. The highest BCUT2D eigenvalue weighted by atomic mass is 35.6. The van der Waals surface area contributed by atoms with Crippen molar-refractivity contribution >= 4 is 63.1 Å². The summed E-state index contributed by atoms with van der Waals surface area (Å²) in [5, 5.41) is 7.50. The van der Waals surface area contributed by atoms with E-state index >= 15 is 0 Å². The molecule has 0 bridgehead atoms. The molecule has 2 rings (SSSR count). The van der Waals surface area contributed by atoms with Gasteiger partial charge in [-0.25, -0.2) is 4.99 Å². The van der Waals surface area contributed by atoms with Crippen LogP contribution in [0.2, 0.25) is 0 Å². The summed E-state index contributed by atoms with van der Waals surface area (Å²) in [5.41, 5.74) is 2.05. The lowest BCUT2D eigenvalue weighted by molar-refractivity contribution is -0.428. The maximum absolute atomic E-state index is 11.2. The number of halogens is 3. The van der Waals surface area contributed by atoms with Gasteiger partial charge >= 0.3 is 0 Å². The van der Waals surface area contributed by atoms with Crippen LogP contribution in [0.3, 0.4) is 0 Å². The first-order chi connectivity index (χ1) is 9.27. The molecule has 106 valence electrons. The zero-order valence-electron chi connectivity index (χ0n) is 10.4. The van der Waals surface area contributed by atoms with Crippen LogP contribution in [0.25, 0.3) is 0 Å². The van der Waals surface area contributed by atoms with E-state index in [4.69, 9.17) is 40.2 Å². The topological polar surface area (TPSA) is 56.3 Å². The van der Waals surface area contributed by atoms with Crippen LogP contribution in [0.1, 0.15) is 12.0 Å². The minimum Gasteiger partial charge on any atom is -0.277 e. The van der Waals surface area contributed by atoms with Crippen molar-refractivity contribution in [3.63, 3.8) is 0 Å². The molecule has 8 heteroatoms. The van der Waals surface area contributed by atoms with Crippen LogP contribution in [0.4, 0.5) is 5.69 Å². The van der Waals surface area contributed by atoms with Gasteiger partial charge in [0.05, 0.1) is 11.0 Å². The van der Waals surface area contributed by atoms with Crippen molar-refractivity contribution in [3.05, 3.63) is 34.7 Å². The number of thioether (sulfide) groups is 1. The summed E-state index contributed by atoms with van der Waals surface area (Å²) in [7, 11) is 1.43. The fraction of sp³-hybridized carbons (Fsp3) is 0.333. The first-order valence-electron chi connectivity index (χ1n) is 5.68. The Labute approximate surface area is 135 Å². The van der Waals surface area contributed by atoms with Gasteiger partial charge in [0.25, 0.3) is 5.69 Å². The lowest BCUT2D eigenvalue weighted by Gasteiger charge is -2.27. The predicted molar refractivity (Wildman–Crippen MR) is 86.2 cm³/mol. The SMILES string of the molecule is C[N+](=O)c1ccc(C2=NC(=N)SC(C(Cl)(Cl)Cl)C2)cc1. The summed E-state index contributed by atoms with van der Waals surface area (Å²) in [6, 6.07) is 6.95. The molecule has 1 unspecified atom stereocenters. The van der Waals surface area contributed by atoms with E-state index in [-0.39, 0.29) is 10.4 Å². The second-order valence-electron chi connectivity index (χ2n) is 4.26. The molecule has 20 heavy (non-hydrogen) atoms. The number of benzene rings is 1. The van der Waals surface area contributed by atoms with E-state index in [1.807, 2.05) is 0 Å². The third-order valence-electron chi connectivity index (χ3n) is 2.80. The maximum atomic E-state index is 11.2. The minimum atomic E-state index is -1.45. The van der Waals surface area contributed by atoms with Gasteiger partial charge in [-0.1, -0.05) is 46.6 Å². The first-order valence-corrected chi connectivity index (χ1v) is 7.69. The number of hydrogen-bond donors (Lipinski definition) is 1. The van der Waals surface area contributed by atoms with Crippen molar-refractivity contribution in [2.75, 3.05) is 7.05 Å². The maximum Gasteiger partial charge on any atom is 0.255 e. The number of nitrogens with one attached hydrogen (secondary N) is 1. The molecule has 0 saturated heterocycles. The van der Waals surface area contributed by atoms with Crippen LogP contribution in [0.15, 0.2) is 29.3 Å². The van der Waals surface area contributed by atoms with Gasteiger partial charge in [-0.05, 0) is 17.7 Å². The molecule has 1 heterocycles. The molecule has 1 aromatic carbocycles. The average Bonchev–Trinajstić information content (AvgIpc) is 2.37. The van der Waals surface area contributed by atoms with Crippen LogP contribution in [-0.4, -0.2) is 31.7 Å². The Kier molecular flexibility index (Phi) is 4.74. The highest BCUT2D eigenvalue weighted by molar-refractivity contribution is 8.14. The zero-order valence-corrected chi connectivity index (χ0v) is 13.5. The van der Waals surface area contributed by atoms with Crippen LogP contribution in [0, 0.1) is 10.3 Å².